The van der Waals surface area contributed by atoms with E-state index in [0.29, 0.717) is 15.5 Å². The van der Waals surface area contributed by atoms with Crippen LogP contribution >= 0.6 is 30.1 Å². The van der Waals surface area contributed by atoms with E-state index in [4.69, 9.17) is 11.6 Å². The van der Waals surface area contributed by atoms with Crippen molar-refractivity contribution in [2.45, 2.75) is 33.9 Å². The molecule has 1 heterocycles. The van der Waals surface area contributed by atoms with Crippen LogP contribution < -0.4 is 5.30 Å². The zero-order valence-electron chi connectivity index (χ0n) is 15.5. The number of rotatable bonds is 4. The van der Waals surface area contributed by atoms with Crippen LogP contribution in [-0.2, 0) is 10.7 Å². The monoisotopic (exact) mass is 408 g/mol. The van der Waals surface area contributed by atoms with E-state index in [1.807, 2.05) is 27.7 Å². The first kappa shape index (κ1) is 20.8. The van der Waals surface area contributed by atoms with Crippen LogP contribution in [0.5, 0.6) is 0 Å². The molecule has 138 valence electrons. The highest BCUT2D eigenvalue weighted by Crippen LogP contribution is 2.46. The highest BCUT2D eigenvalue weighted by molar-refractivity contribution is 7.70. The van der Waals surface area contributed by atoms with E-state index in [9.17, 15) is 14.5 Å². The third-order valence-corrected chi connectivity index (χ3v) is 7.49. The fourth-order valence-corrected chi connectivity index (χ4v) is 6.07. The van der Waals surface area contributed by atoms with Gasteiger partial charge in [-0.25, -0.2) is 4.79 Å². The van der Waals surface area contributed by atoms with Crippen LogP contribution in [0, 0.1) is 24.2 Å². The Morgan fingerprint density at radius 1 is 1.31 bits per heavy atom. The van der Waals surface area contributed by atoms with E-state index in [-0.39, 0.29) is 16.5 Å². The van der Waals surface area contributed by atoms with Gasteiger partial charge < -0.3 is 9.67 Å². The van der Waals surface area contributed by atoms with Crippen molar-refractivity contribution >= 4 is 41.4 Å². The molecule has 1 aromatic heterocycles. The molecule has 0 saturated heterocycles. The second kappa shape index (κ2) is 7.61. The molecule has 26 heavy (non-hydrogen) atoms. The number of carboxylic acids is 1. The van der Waals surface area contributed by atoms with Gasteiger partial charge in [-0.3, -0.25) is 0 Å². The maximum Gasteiger partial charge on any atom is 0.346 e. The number of aryl methyl sites for hydroxylation is 1. The van der Waals surface area contributed by atoms with E-state index in [1.54, 1.807) is 30.9 Å². The standard InChI is InChI=1S/C20H22ClO3PS/c1-13-10-15(21)6-7-17(13)25(5,24)12-14-11-16(8-9-20(2,3)4)26-18(14)19(22)23/h6-7,10-11H,12H2,1-5H3,(H,22,23). The van der Waals surface area contributed by atoms with Crippen molar-refractivity contribution in [1.29, 1.82) is 0 Å². The van der Waals surface area contributed by atoms with Gasteiger partial charge in [0.2, 0.25) is 0 Å². The van der Waals surface area contributed by atoms with Gasteiger partial charge >= 0.3 is 5.97 Å². The minimum atomic E-state index is -2.79. The van der Waals surface area contributed by atoms with E-state index in [0.717, 1.165) is 22.2 Å². The summed E-state index contributed by atoms with van der Waals surface area (Å²) in [4.78, 5) is 12.5. The van der Waals surface area contributed by atoms with Crippen LogP contribution in [0.2, 0.25) is 5.02 Å². The van der Waals surface area contributed by atoms with Crippen molar-refractivity contribution in [3.63, 3.8) is 0 Å². The summed E-state index contributed by atoms with van der Waals surface area (Å²) in [6.45, 7) is 9.54. The molecule has 0 fully saturated rings. The zero-order valence-corrected chi connectivity index (χ0v) is 18.0. The first-order valence-corrected chi connectivity index (χ1v) is 11.6. The molecule has 1 unspecified atom stereocenters. The lowest BCUT2D eigenvalue weighted by Crippen LogP contribution is -2.10. The summed E-state index contributed by atoms with van der Waals surface area (Å²) in [5.41, 5.74) is 1.25. The van der Waals surface area contributed by atoms with Gasteiger partial charge in [-0.1, -0.05) is 23.4 Å². The molecular weight excluding hydrogens is 387 g/mol. The quantitative estimate of drug-likeness (QED) is 0.527. The summed E-state index contributed by atoms with van der Waals surface area (Å²) >= 11 is 7.12. The van der Waals surface area contributed by atoms with Crippen molar-refractivity contribution in [3.8, 4) is 11.8 Å². The summed E-state index contributed by atoms with van der Waals surface area (Å²) in [6, 6.07) is 7.02. The maximum absolute atomic E-state index is 13.4. The average molecular weight is 409 g/mol. The minimum absolute atomic E-state index is 0.173. The Hall–Kier alpha value is -1.53. The van der Waals surface area contributed by atoms with Gasteiger partial charge in [0, 0.05) is 21.9 Å². The van der Waals surface area contributed by atoms with Crippen molar-refractivity contribution in [3.05, 3.63) is 50.2 Å². The maximum atomic E-state index is 13.4. The molecule has 0 aliphatic carbocycles. The SMILES string of the molecule is Cc1cc(Cl)ccc1P(C)(=O)Cc1cc(C#CC(C)(C)C)sc1C(=O)O. The Morgan fingerprint density at radius 3 is 2.50 bits per heavy atom. The second-order valence-corrected chi connectivity index (χ2v) is 11.9. The zero-order chi connectivity index (χ0) is 19.7. The second-order valence-electron chi connectivity index (χ2n) is 7.46. The van der Waals surface area contributed by atoms with Crippen LogP contribution in [-0.4, -0.2) is 17.7 Å². The molecule has 1 atom stereocenters. The smallest absolute Gasteiger partial charge is 0.346 e. The molecule has 0 saturated carbocycles. The van der Waals surface area contributed by atoms with Gasteiger partial charge in [-0.05, 0) is 69.8 Å². The largest absolute Gasteiger partial charge is 0.477 e. The molecule has 0 amide bonds. The highest BCUT2D eigenvalue weighted by atomic mass is 35.5. The number of thiophene rings is 1. The Kier molecular flexibility index (Phi) is 6.08. The predicted octanol–water partition coefficient (Wildman–Crippen LogP) is 5.62. The number of hydrogen-bond acceptors (Lipinski definition) is 3. The molecule has 0 radical (unpaired) electrons. The molecule has 3 nitrogen and oxygen atoms in total. The third-order valence-electron chi connectivity index (χ3n) is 3.70. The van der Waals surface area contributed by atoms with Crippen molar-refractivity contribution < 1.29 is 14.5 Å². The fourth-order valence-electron chi connectivity index (χ4n) is 2.60. The van der Waals surface area contributed by atoms with Crippen LogP contribution in [0.1, 0.15) is 46.4 Å². The minimum Gasteiger partial charge on any atom is -0.477 e. The Labute approximate surface area is 163 Å². The molecule has 2 aromatic rings. The predicted molar refractivity (Wildman–Crippen MR) is 111 cm³/mol. The molecule has 6 heteroatoms. The molecule has 1 N–H and O–H groups in total. The van der Waals surface area contributed by atoms with Gasteiger partial charge in [0.1, 0.15) is 12.0 Å². The number of carbonyl (C=O) groups is 1. The Bertz CT molecular complexity index is 958. The molecule has 2 rings (SSSR count). The Balaban J connectivity index is 2.44. The highest BCUT2D eigenvalue weighted by Gasteiger charge is 2.25. The Morgan fingerprint density at radius 2 is 1.96 bits per heavy atom. The number of benzene rings is 1. The first-order valence-electron chi connectivity index (χ1n) is 8.11. The van der Waals surface area contributed by atoms with E-state index < -0.39 is 13.1 Å². The van der Waals surface area contributed by atoms with Crippen molar-refractivity contribution in [2.24, 2.45) is 5.41 Å². The van der Waals surface area contributed by atoms with Gasteiger partial charge in [0.15, 0.2) is 0 Å². The van der Waals surface area contributed by atoms with Crippen LogP contribution in [0.15, 0.2) is 24.3 Å². The lowest BCUT2D eigenvalue weighted by Gasteiger charge is -2.16. The molecule has 0 spiro atoms. The number of carboxylic acid groups (broad SMARTS) is 1. The summed E-state index contributed by atoms with van der Waals surface area (Å²) in [5, 5.41) is 10.8. The molecule has 0 aliphatic rings. The summed E-state index contributed by atoms with van der Waals surface area (Å²) in [5.74, 6) is 5.14. The van der Waals surface area contributed by atoms with E-state index in [1.165, 1.54) is 0 Å². The van der Waals surface area contributed by atoms with Crippen LogP contribution in [0.3, 0.4) is 0 Å². The number of hydrogen-bond donors (Lipinski definition) is 1. The normalized spacial score (nSPS) is 13.6. The van der Waals surface area contributed by atoms with Gasteiger partial charge in [-0.15, -0.1) is 11.3 Å². The number of halogens is 1. The molecule has 0 bridgehead atoms. The molecular formula is C20H22ClO3PS. The van der Waals surface area contributed by atoms with Crippen LogP contribution in [0.4, 0.5) is 0 Å². The van der Waals surface area contributed by atoms with E-state index >= 15 is 0 Å². The average Bonchev–Trinajstić information content (AvgIpc) is 2.86. The first-order chi connectivity index (χ1) is 11.9. The van der Waals surface area contributed by atoms with Crippen LogP contribution in [0.25, 0.3) is 0 Å². The summed E-state index contributed by atoms with van der Waals surface area (Å²) in [7, 11) is -2.79. The van der Waals surface area contributed by atoms with Crippen molar-refractivity contribution in [1.82, 2.24) is 0 Å². The summed E-state index contributed by atoms with van der Waals surface area (Å²) < 4.78 is 13.4. The lowest BCUT2D eigenvalue weighted by atomic mass is 9.98. The molecule has 0 aliphatic heterocycles. The van der Waals surface area contributed by atoms with Crippen molar-refractivity contribution in [2.75, 3.05) is 6.66 Å². The van der Waals surface area contributed by atoms with Gasteiger partial charge in [0.05, 0.1) is 4.88 Å². The number of aromatic carboxylic acids is 1. The fraction of sp³-hybridized carbons (Fsp3) is 0.350. The third kappa shape index (κ3) is 5.24. The van der Waals surface area contributed by atoms with Gasteiger partial charge in [-0.2, -0.15) is 0 Å². The lowest BCUT2D eigenvalue weighted by molar-refractivity contribution is 0.0701. The topological polar surface area (TPSA) is 54.4 Å². The van der Waals surface area contributed by atoms with Gasteiger partial charge in [0.25, 0.3) is 0 Å². The van der Waals surface area contributed by atoms with E-state index in [2.05, 4.69) is 11.8 Å². The molecule has 1 aromatic carbocycles. The summed E-state index contributed by atoms with van der Waals surface area (Å²) in [6.07, 6.45) is 0.185.